The lowest BCUT2D eigenvalue weighted by Gasteiger charge is -2.19. The molecule has 0 unspecified atom stereocenters. The van der Waals surface area contributed by atoms with Crippen LogP contribution in [0.25, 0.3) is 0 Å². The lowest BCUT2D eigenvalue weighted by Crippen LogP contribution is -2.32. The molecule has 0 aromatic heterocycles. The van der Waals surface area contributed by atoms with Crippen molar-refractivity contribution in [1.82, 2.24) is 5.32 Å². The van der Waals surface area contributed by atoms with E-state index in [4.69, 9.17) is 4.74 Å². The van der Waals surface area contributed by atoms with Crippen LogP contribution in [0.4, 0.5) is 4.79 Å². The minimum atomic E-state index is -0.429. The Bertz CT molecular complexity index is 266. The van der Waals surface area contributed by atoms with Crippen molar-refractivity contribution in [2.75, 3.05) is 6.54 Å². The molecule has 0 aliphatic heterocycles. The predicted octanol–water partition coefficient (Wildman–Crippen LogP) is 2.95. The Kier molecular flexibility index (Phi) is 6.64. The molecule has 3 heteroatoms. The maximum Gasteiger partial charge on any atom is 0.407 e. The summed E-state index contributed by atoms with van der Waals surface area (Å²) in [6.07, 6.45) is 1.32. The van der Waals surface area contributed by atoms with Gasteiger partial charge < -0.3 is 10.1 Å². The maximum absolute atomic E-state index is 11.2. The minimum Gasteiger partial charge on any atom is -0.444 e. The minimum absolute atomic E-state index is 0.357. The fraction of sp³-hybridized carbons (Fsp3) is 0.769. The number of hydrogen-bond donors (Lipinski definition) is 1. The lowest BCUT2D eigenvalue weighted by molar-refractivity contribution is 0.0527. The zero-order valence-electron chi connectivity index (χ0n) is 11.0. The number of carbonyl (C=O) groups excluding carboxylic acids is 1. The number of amides is 1. The predicted molar refractivity (Wildman–Crippen MR) is 66.1 cm³/mol. The largest absolute Gasteiger partial charge is 0.444 e. The molecular weight excluding hydrogens is 202 g/mol. The van der Waals surface area contributed by atoms with Crippen LogP contribution in [-0.2, 0) is 4.74 Å². The molecule has 0 saturated heterocycles. The van der Waals surface area contributed by atoms with E-state index >= 15 is 0 Å². The van der Waals surface area contributed by atoms with E-state index in [1.807, 2.05) is 20.8 Å². The summed E-state index contributed by atoms with van der Waals surface area (Å²) in [5, 5.41) is 2.70. The molecule has 0 heterocycles. The Labute approximate surface area is 98.9 Å². The van der Waals surface area contributed by atoms with Gasteiger partial charge in [0.15, 0.2) is 0 Å². The van der Waals surface area contributed by atoms with E-state index in [9.17, 15) is 4.79 Å². The molecule has 0 radical (unpaired) electrons. The highest BCUT2D eigenvalue weighted by Crippen LogP contribution is 2.06. The molecule has 3 nitrogen and oxygen atoms in total. The molecule has 92 valence electrons. The number of unbranched alkanes of at least 4 members (excludes halogenated alkanes) is 1. The second-order valence-corrected chi connectivity index (χ2v) is 5.01. The molecule has 0 spiro atoms. The van der Waals surface area contributed by atoms with Crippen molar-refractivity contribution in [3.8, 4) is 11.8 Å². The summed E-state index contributed by atoms with van der Waals surface area (Å²) in [4.78, 5) is 11.2. The Balaban J connectivity index is 3.54. The summed E-state index contributed by atoms with van der Waals surface area (Å²) in [6, 6.07) is 0. The van der Waals surface area contributed by atoms with E-state index in [0.29, 0.717) is 12.5 Å². The first kappa shape index (κ1) is 14.8. The van der Waals surface area contributed by atoms with Crippen LogP contribution in [0.5, 0.6) is 0 Å². The molecule has 1 amide bonds. The quantitative estimate of drug-likeness (QED) is 0.592. The van der Waals surface area contributed by atoms with Gasteiger partial charge in [-0.2, -0.15) is 0 Å². The zero-order chi connectivity index (χ0) is 12.6. The van der Waals surface area contributed by atoms with Crippen molar-refractivity contribution < 1.29 is 9.53 Å². The Hall–Kier alpha value is -1.17. The molecule has 0 aromatic rings. The van der Waals surface area contributed by atoms with Crippen molar-refractivity contribution >= 4 is 6.09 Å². The number of alkyl carbamates (subject to hydrolysis) is 1. The van der Waals surface area contributed by atoms with Crippen LogP contribution < -0.4 is 5.32 Å². The highest BCUT2D eigenvalue weighted by Gasteiger charge is 2.15. The van der Waals surface area contributed by atoms with Crippen molar-refractivity contribution in [3.05, 3.63) is 0 Å². The normalized spacial score (nSPS) is 10.6. The molecule has 0 saturated carbocycles. The van der Waals surface area contributed by atoms with Crippen molar-refractivity contribution in [2.24, 2.45) is 5.92 Å². The summed E-state index contributed by atoms with van der Waals surface area (Å²) in [5.41, 5.74) is -0.429. The molecule has 0 rings (SSSR count). The van der Waals surface area contributed by atoms with Crippen LogP contribution in [0.15, 0.2) is 0 Å². The summed E-state index contributed by atoms with van der Waals surface area (Å²) in [7, 11) is 0. The number of carbonyl (C=O) groups is 1. The molecule has 1 N–H and O–H groups in total. The van der Waals surface area contributed by atoms with Crippen LogP contribution in [0, 0.1) is 17.8 Å². The van der Waals surface area contributed by atoms with Crippen molar-refractivity contribution in [3.63, 3.8) is 0 Å². The van der Waals surface area contributed by atoms with Crippen LogP contribution in [0.1, 0.15) is 47.5 Å². The van der Waals surface area contributed by atoms with Gasteiger partial charge >= 0.3 is 6.09 Å². The van der Waals surface area contributed by atoms with Gasteiger partial charge in [0.05, 0.1) is 0 Å². The van der Waals surface area contributed by atoms with Gasteiger partial charge in [-0.3, -0.25) is 0 Å². The van der Waals surface area contributed by atoms with Crippen LogP contribution in [0.2, 0.25) is 0 Å². The third kappa shape index (κ3) is 10.9. The van der Waals surface area contributed by atoms with Gasteiger partial charge in [0, 0.05) is 18.9 Å². The lowest BCUT2D eigenvalue weighted by atomic mass is 10.2. The van der Waals surface area contributed by atoms with Gasteiger partial charge in [-0.15, -0.1) is 11.8 Å². The van der Waals surface area contributed by atoms with Gasteiger partial charge in [-0.25, -0.2) is 4.79 Å². The highest BCUT2D eigenvalue weighted by atomic mass is 16.6. The molecule has 0 atom stereocenters. The van der Waals surface area contributed by atoms with Crippen LogP contribution in [-0.4, -0.2) is 18.2 Å². The summed E-state index contributed by atoms with van der Waals surface area (Å²) in [6.45, 7) is 10.3. The molecule has 0 aromatic carbocycles. The van der Waals surface area contributed by atoms with E-state index in [2.05, 4.69) is 31.0 Å². The van der Waals surface area contributed by atoms with E-state index in [1.54, 1.807) is 0 Å². The molecular formula is C13H23NO2. The molecule has 0 aliphatic carbocycles. The van der Waals surface area contributed by atoms with E-state index in [-0.39, 0.29) is 6.09 Å². The average Bonchev–Trinajstić information content (AvgIpc) is 2.07. The van der Waals surface area contributed by atoms with E-state index in [0.717, 1.165) is 12.8 Å². The average molecular weight is 225 g/mol. The van der Waals surface area contributed by atoms with Gasteiger partial charge in [0.2, 0.25) is 0 Å². The second kappa shape index (κ2) is 7.16. The first-order chi connectivity index (χ1) is 7.31. The summed E-state index contributed by atoms with van der Waals surface area (Å²) < 4.78 is 5.10. The fourth-order valence-electron chi connectivity index (χ4n) is 0.958. The zero-order valence-corrected chi connectivity index (χ0v) is 11.0. The van der Waals surface area contributed by atoms with Crippen LogP contribution >= 0.6 is 0 Å². The SMILES string of the molecule is CC(C)C#CCCCNC(=O)OC(C)(C)C. The van der Waals surface area contributed by atoms with E-state index in [1.165, 1.54) is 0 Å². The van der Waals surface area contributed by atoms with Crippen molar-refractivity contribution in [1.29, 1.82) is 0 Å². The maximum atomic E-state index is 11.2. The Morgan fingerprint density at radius 3 is 2.50 bits per heavy atom. The third-order valence-corrected chi connectivity index (χ3v) is 1.54. The summed E-state index contributed by atoms with van der Waals surface area (Å²) in [5.74, 6) is 6.56. The topological polar surface area (TPSA) is 38.3 Å². The van der Waals surface area contributed by atoms with Crippen LogP contribution in [0.3, 0.4) is 0 Å². The molecule has 16 heavy (non-hydrogen) atoms. The van der Waals surface area contributed by atoms with Gasteiger partial charge in [0.25, 0.3) is 0 Å². The Morgan fingerprint density at radius 1 is 1.38 bits per heavy atom. The molecule has 0 bridgehead atoms. The third-order valence-electron chi connectivity index (χ3n) is 1.54. The van der Waals surface area contributed by atoms with Gasteiger partial charge in [-0.05, 0) is 27.2 Å². The number of rotatable bonds is 3. The number of nitrogens with one attached hydrogen (secondary N) is 1. The smallest absolute Gasteiger partial charge is 0.407 e. The van der Waals surface area contributed by atoms with Gasteiger partial charge in [0.1, 0.15) is 5.60 Å². The summed E-state index contributed by atoms with van der Waals surface area (Å²) >= 11 is 0. The first-order valence-corrected chi connectivity index (χ1v) is 5.76. The van der Waals surface area contributed by atoms with Crippen molar-refractivity contribution in [2.45, 2.75) is 53.1 Å². The molecule has 0 aliphatic rings. The first-order valence-electron chi connectivity index (χ1n) is 5.76. The Morgan fingerprint density at radius 2 is 2.00 bits per heavy atom. The highest BCUT2D eigenvalue weighted by molar-refractivity contribution is 5.67. The second-order valence-electron chi connectivity index (χ2n) is 5.01. The number of hydrogen-bond acceptors (Lipinski definition) is 2. The fourth-order valence-corrected chi connectivity index (χ4v) is 0.958. The van der Waals surface area contributed by atoms with E-state index < -0.39 is 5.60 Å². The van der Waals surface area contributed by atoms with Gasteiger partial charge in [-0.1, -0.05) is 13.8 Å². The number of ether oxygens (including phenoxy) is 1. The standard InChI is InChI=1S/C13H23NO2/c1-11(2)9-7-6-8-10-14-12(15)16-13(3,4)5/h11H,6,8,10H2,1-5H3,(H,14,15). The monoisotopic (exact) mass is 225 g/mol. The molecule has 0 fully saturated rings.